The SMILES string of the molecule is c1cncc(-c2cc(-c3cccc(-c4nc5ccccc5c5c6ccccc6c6ccccc6c45)c3)ccn2)c1. The second-order valence-electron chi connectivity index (χ2n) is 10.1. The van der Waals surface area contributed by atoms with Crippen molar-refractivity contribution in [2.75, 3.05) is 0 Å². The Kier molecular flexibility index (Phi) is 5.14. The Morgan fingerprint density at radius 3 is 1.85 bits per heavy atom. The van der Waals surface area contributed by atoms with Crippen molar-refractivity contribution in [3.05, 3.63) is 140 Å². The molecule has 186 valence electrons. The van der Waals surface area contributed by atoms with Gasteiger partial charge in [-0.3, -0.25) is 9.97 Å². The summed E-state index contributed by atoms with van der Waals surface area (Å²) in [4.78, 5) is 14.2. The third-order valence-corrected chi connectivity index (χ3v) is 7.76. The van der Waals surface area contributed by atoms with Crippen LogP contribution in [0.4, 0.5) is 0 Å². The van der Waals surface area contributed by atoms with Gasteiger partial charge in [0.15, 0.2) is 0 Å². The second-order valence-corrected chi connectivity index (χ2v) is 10.1. The lowest BCUT2D eigenvalue weighted by Crippen LogP contribution is -1.93. The molecule has 3 aromatic heterocycles. The van der Waals surface area contributed by atoms with Crippen LogP contribution in [-0.4, -0.2) is 15.0 Å². The van der Waals surface area contributed by atoms with Gasteiger partial charge in [0.2, 0.25) is 0 Å². The minimum Gasteiger partial charge on any atom is -0.264 e. The summed E-state index contributed by atoms with van der Waals surface area (Å²) in [7, 11) is 0. The molecule has 3 heteroatoms. The molecule has 3 nitrogen and oxygen atoms in total. The molecule has 8 aromatic rings. The molecular formula is C37H23N3. The molecule has 40 heavy (non-hydrogen) atoms. The van der Waals surface area contributed by atoms with E-state index < -0.39 is 0 Å². The maximum absolute atomic E-state index is 5.31. The molecule has 3 heterocycles. The lowest BCUT2D eigenvalue weighted by molar-refractivity contribution is 1.28. The van der Waals surface area contributed by atoms with Gasteiger partial charge in [0.25, 0.3) is 0 Å². The first kappa shape index (κ1) is 22.6. The van der Waals surface area contributed by atoms with Crippen molar-refractivity contribution in [2.45, 2.75) is 0 Å². The fraction of sp³-hybridized carbons (Fsp3) is 0. The van der Waals surface area contributed by atoms with Crippen LogP contribution in [0.2, 0.25) is 0 Å². The Balaban J connectivity index is 1.43. The van der Waals surface area contributed by atoms with Crippen molar-refractivity contribution < 1.29 is 0 Å². The number of aromatic nitrogens is 3. The van der Waals surface area contributed by atoms with E-state index in [-0.39, 0.29) is 0 Å². The number of nitrogens with zero attached hydrogens (tertiary/aromatic N) is 3. The fourth-order valence-electron chi connectivity index (χ4n) is 5.96. The average molecular weight is 510 g/mol. The van der Waals surface area contributed by atoms with Gasteiger partial charge < -0.3 is 0 Å². The average Bonchev–Trinajstić information content (AvgIpc) is 3.05. The highest BCUT2D eigenvalue weighted by Gasteiger charge is 2.17. The Morgan fingerprint density at radius 1 is 0.425 bits per heavy atom. The zero-order valence-corrected chi connectivity index (χ0v) is 21.6. The van der Waals surface area contributed by atoms with Gasteiger partial charge in [-0.2, -0.15) is 0 Å². The van der Waals surface area contributed by atoms with Crippen LogP contribution < -0.4 is 0 Å². The third-order valence-electron chi connectivity index (χ3n) is 7.76. The summed E-state index contributed by atoms with van der Waals surface area (Å²) in [6, 6.07) is 42.8. The maximum Gasteiger partial charge on any atom is 0.0794 e. The molecule has 0 aliphatic heterocycles. The van der Waals surface area contributed by atoms with Gasteiger partial charge in [0.05, 0.1) is 16.9 Å². The zero-order valence-electron chi connectivity index (χ0n) is 21.6. The van der Waals surface area contributed by atoms with Crippen LogP contribution in [0.3, 0.4) is 0 Å². The van der Waals surface area contributed by atoms with Gasteiger partial charge in [-0.05, 0) is 69.1 Å². The predicted molar refractivity (Wildman–Crippen MR) is 166 cm³/mol. The second kappa shape index (κ2) is 9.11. The van der Waals surface area contributed by atoms with Crippen molar-refractivity contribution in [1.82, 2.24) is 15.0 Å². The first-order valence-corrected chi connectivity index (χ1v) is 13.4. The van der Waals surface area contributed by atoms with Crippen LogP contribution in [0.15, 0.2) is 140 Å². The monoisotopic (exact) mass is 509 g/mol. The molecule has 5 aromatic carbocycles. The molecule has 0 aliphatic carbocycles. The Hall–Kier alpha value is -5.41. The van der Waals surface area contributed by atoms with Gasteiger partial charge >= 0.3 is 0 Å². The summed E-state index contributed by atoms with van der Waals surface area (Å²) in [5, 5.41) is 8.60. The molecule has 0 amide bonds. The molecule has 0 radical (unpaired) electrons. The molecule has 0 N–H and O–H groups in total. The summed E-state index contributed by atoms with van der Waals surface area (Å²) in [5.41, 5.74) is 7.23. The van der Waals surface area contributed by atoms with E-state index in [0.29, 0.717) is 0 Å². The number of hydrogen-bond donors (Lipinski definition) is 0. The van der Waals surface area contributed by atoms with Crippen LogP contribution >= 0.6 is 0 Å². The number of benzene rings is 5. The van der Waals surface area contributed by atoms with E-state index in [1.54, 1.807) is 6.20 Å². The number of fused-ring (bicyclic) bond motifs is 8. The van der Waals surface area contributed by atoms with Gasteiger partial charge in [0.1, 0.15) is 0 Å². The molecular weight excluding hydrogens is 486 g/mol. The number of hydrogen-bond acceptors (Lipinski definition) is 3. The molecule has 8 rings (SSSR count). The molecule has 0 fully saturated rings. The van der Waals surface area contributed by atoms with Crippen molar-refractivity contribution in [3.63, 3.8) is 0 Å². The summed E-state index contributed by atoms with van der Waals surface area (Å²) in [6.07, 6.45) is 5.50. The number of pyridine rings is 3. The van der Waals surface area contributed by atoms with E-state index in [2.05, 4.69) is 119 Å². The predicted octanol–water partition coefficient (Wildman–Crippen LogP) is 9.49. The highest BCUT2D eigenvalue weighted by Crippen LogP contribution is 2.43. The van der Waals surface area contributed by atoms with Gasteiger partial charge in [-0.15, -0.1) is 0 Å². The van der Waals surface area contributed by atoms with E-state index in [4.69, 9.17) is 4.98 Å². The lowest BCUT2D eigenvalue weighted by Gasteiger charge is -2.16. The minimum absolute atomic E-state index is 0.905. The molecule has 0 saturated heterocycles. The normalized spacial score (nSPS) is 11.5. The molecule has 0 spiro atoms. The van der Waals surface area contributed by atoms with E-state index in [1.807, 2.05) is 24.5 Å². The smallest absolute Gasteiger partial charge is 0.0794 e. The highest BCUT2D eigenvalue weighted by molar-refractivity contribution is 6.33. The van der Waals surface area contributed by atoms with Crippen LogP contribution in [-0.2, 0) is 0 Å². The van der Waals surface area contributed by atoms with Crippen molar-refractivity contribution in [2.24, 2.45) is 0 Å². The zero-order chi connectivity index (χ0) is 26.5. The number of para-hydroxylation sites is 1. The van der Waals surface area contributed by atoms with Crippen molar-refractivity contribution >= 4 is 43.2 Å². The third kappa shape index (κ3) is 3.56. The molecule has 0 atom stereocenters. The van der Waals surface area contributed by atoms with Crippen LogP contribution in [0.25, 0.3) is 76.9 Å². The summed E-state index contributed by atoms with van der Waals surface area (Å²) >= 11 is 0. The summed E-state index contributed by atoms with van der Waals surface area (Å²) in [6.45, 7) is 0. The standard InChI is InChI=1S/C37H23N3/c1-3-14-30-28(12-1)29-13-2-4-15-31(29)36-35(30)32-16-5-6-17-33(32)40-37(36)26-10-7-9-24(21-26)25-18-20-39-34(22-25)27-11-8-19-38-23-27/h1-23H. The van der Waals surface area contributed by atoms with E-state index in [9.17, 15) is 0 Å². The van der Waals surface area contributed by atoms with E-state index in [0.717, 1.165) is 39.2 Å². The molecule has 0 aliphatic rings. The van der Waals surface area contributed by atoms with E-state index in [1.165, 1.54) is 37.7 Å². The highest BCUT2D eigenvalue weighted by atomic mass is 14.7. The Bertz CT molecular complexity index is 2220. The molecule has 0 unspecified atom stereocenters. The summed E-state index contributed by atoms with van der Waals surface area (Å²) in [5.74, 6) is 0. The maximum atomic E-state index is 5.31. The van der Waals surface area contributed by atoms with Crippen LogP contribution in [0.5, 0.6) is 0 Å². The lowest BCUT2D eigenvalue weighted by atomic mass is 9.89. The van der Waals surface area contributed by atoms with Crippen LogP contribution in [0, 0.1) is 0 Å². The topological polar surface area (TPSA) is 38.7 Å². The molecule has 0 saturated carbocycles. The largest absolute Gasteiger partial charge is 0.264 e. The first-order valence-electron chi connectivity index (χ1n) is 13.4. The Morgan fingerprint density at radius 2 is 1.07 bits per heavy atom. The van der Waals surface area contributed by atoms with E-state index >= 15 is 0 Å². The van der Waals surface area contributed by atoms with Crippen molar-refractivity contribution in [3.8, 4) is 33.6 Å². The quantitative estimate of drug-likeness (QED) is 0.223. The molecule has 0 bridgehead atoms. The summed E-state index contributed by atoms with van der Waals surface area (Å²) < 4.78 is 0. The first-order chi connectivity index (χ1) is 19.8. The van der Waals surface area contributed by atoms with Crippen LogP contribution in [0.1, 0.15) is 0 Å². The fourth-order valence-corrected chi connectivity index (χ4v) is 5.96. The number of rotatable bonds is 3. The van der Waals surface area contributed by atoms with Gasteiger partial charge in [-0.1, -0.05) is 84.9 Å². The Labute approximate surface area is 231 Å². The van der Waals surface area contributed by atoms with Crippen molar-refractivity contribution in [1.29, 1.82) is 0 Å². The van der Waals surface area contributed by atoms with Gasteiger partial charge in [-0.25, -0.2) is 4.98 Å². The minimum atomic E-state index is 0.905. The van der Waals surface area contributed by atoms with Gasteiger partial charge in [0, 0.05) is 45.9 Å².